The maximum atomic E-state index is 14.3. The molecule has 0 amide bonds. The molecule has 0 aliphatic carbocycles. The summed E-state index contributed by atoms with van der Waals surface area (Å²) in [5.41, 5.74) is 4.79. The highest BCUT2D eigenvalue weighted by atomic mass is 32.1. The number of aromatic carboxylic acids is 1. The monoisotopic (exact) mass is 629 g/mol. The molecule has 0 radical (unpaired) electrons. The van der Waals surface area contributed by atoms with Gasteiger partial charge in [-0.1, -0.05) is 24.7 Å². The molecule has 45 heavy (non-hydrogen) atoms. The average Bonchev–Trinajstić information content (AvgIpc) is 3.49. The summed E-state index contributed by atoms with van der Waals surface area (Å²) >= 11 is 1.26. The fourth-order valence-electron chi connectivity index (χ4n) is 5.69. The van der Waals surface area contributed by atoms with Crippen LogP contribution in [0.25, 0.3) is 11.8 Å². The van der Waals surface area contributed by atoms with Gasteiger partial charge in [0.15, 0.2) is 4.80 Å². The lowest BCUT2D eigenvalue weighted by Gasteiger charge is -2.27. The summed E-state index contributed by atoms with van der Waals surface area (Å²) in [6.07, 6.45) is 3.09. The molecule has 0 saturated heterocycles. The topological polar surface area (TPSA) is 121 Å². The molecule has 5 rings (SSSR count). The Hall–Kier alpha value is -4.90. The van der Waals surface area contributed by atoms with Gasteiger partial charge in [0.05, 0.1) is 42.2 Å². The van der Waals surface area contributed by atoms with Crippen molar-refractivity contribution in [3.8, 4) is 17.2 Å². The predicted octanol–water partition coefficient (Wildman–Crippen LogP) is 4.70. The Morgan fingerprint density at radius 3 is 2.40 bits per heavy atom. The van der Waals surface area contributed by atoms with Crippen molar-refractivity contribution in [2.24, 2.45) is 4.99 Å². The van der Waals surface area contributed by atoms with Gasteiger partial charge in [0.1, 0.15) is 17.5 Å². The van der Waals surface area contributed by atoms with Gasteiger partial charge in [0.25, 0.3) is 5.56 Å². The van der Waals surface area contributed by atoms with Gasteiger partial charge < -0.3 is 23.9 Å². The molecule has 1 atom stereocenters. The van der Waals surface area contributed by atoms with Crippen LogP contribution in [0.1, 0.15) is 65.6 Å². The van der Waals surface area contributed by atoms with E-state index >= 15 is 0 Å². The Kier molecular flexibility index (Phi) is 9.10. The highest BCUT2D eigenvalue weighted by Gasteiger charge is 2.36. The number of esters is 1. The van der Waals surface area contributed by atoms with E-state index < -0.39 is 18.0 Å². The molecular weight excluding hydrogens is 594 g/mol. The first-order valence-corrected chi connectivity index (χ1v) is 15.4. The molecule has 0 unspecified atom stereocenters. The van der Waals surface area contributed by atoms with Crippen molar-refractivity contribution in [3.63, 3.8) is 0 Å². The number of methoxy groups -OCH3 is 2. The minimum absolute atomic E-state index is 0.169. The van der Waals surface area contributed by atoms with Gasteiger partial charge in [-0.25, -0.2) is 14.6 Å². The quantitative estimate of drug-likeness (QED) is 0.253. The van der Waals surface area contributed by atoms with Gasteiger partial charge >= 0.3 is 11.9 Å². The normalized spacial score (nSPS) is 14.6. The van der Waals surface area contributed by atoms with Crippen molar-refractivity contribution in [1.29, 1.82) is 0 Å². The third kappa shape index (κ3) is 5.83. The third-order valence-corrected chi connectivity index (χ3v) is 8.74. The van der Waals surface area contributed by atoms with Gasteiger partial charge in [-0.2, -0.15) is 0 Å². The molecule has 1 aliphatic heterocycles. The maximum absolute atomic E-state index is 14.3. The first kappa shape index (κ1) is 31.5. The number of carbonyl (C=O) groups excluding carboxylic acids is 1. The van der Waals surface area contributed by atoms with E-state index in [-0.39, 0.29) is 17.7 Å². The number of fused-ring (bicyclic) bond motifs is 1. The molecule has 3 heterocycles. The highest BCUT2D eigenvalue weighted by Crippen LogP contribution is 2.38. The Balaban J connectivity index is 1.74. The van der Waals surface area contributed by atoms with Crippen molar-refractivity contribution in [2.45, 2.75) is 46.6 Å². The molecule has 0 spiro atoms. The summed E-state index contributed by atoms with van der Waals surface area (Å²) in [7, 11) is 3.10. The fraction of sp³-hybridized carbons (Fsp3) is 0.294. The van der Waals surface area contributed by atoms with Crippen molar-refractivity contribution in [3.05, 3.63) is 108 Å². The van der Waals surface area contributed by atoms with Gasteiger partial charge in [0, 0.05) is 22.6 Å². The maximum Gasteiger partial charge on any atom is 0.338 e. The van der Waals surface area contributed by atoms with E-state index in [9.17, 15) is 19.5 Å². The Morgan fingerprint density at radius 1 is 1.04 bits per heavy atom. The number of carbonyl (C=O) groups is 2. The summed E-state index contributed by atoms with van der Waals surface area (Å²) in [4.78, 5) is 44.5. The van der Waals surface area contributed by atoms with E-state index in [2.05, 4.69) is 0 Å². The molecule has 1 N–H and O–H groups in total. The van der Waals surface area contributed by atoms with E-state index in [0.717, 1.165) is 29.1 Å². The lowest BCUT2D eigenvalue weighted by molar-refractivity contribution is -0.139. The molecule has 10 nitrogen and oxygen atoms in total. The number of benzene rings is 2. The van der Waals surface area contributed by atoms with Gasteiger partial charge in [0.2, 0.25) is 0 Å². The van der Waals surface area contributed by atoms with Crippen molar-refractivity contribution in [2.75, 3.05) is 20.8 Å². The zero-order chi connectivity index (χ0) is 32.4. The second-order valence-electron chi connectivity index (χ2n) is 10.5. The molecule has 11 heteroatoms. The fourth-order valence-corrected chi connectivity index (χ4v) is 6.70. The summed E-state index contributed by atoms with van der Waals surface area (Å²) in [6.45, 7) is 7.82. The minimum atomic E-state index is -0.989. The van der Waals surface area contributed by atoms with E-state index in [1.165, 1.54) is 11.3 Å². The largest absolute Gasteiger partial charge is 0.497 e. The van der Waals surface area contributed by atoms with Gasteiger partial charge in [-0.15, -0.1) is 0 Å². The van der Waals surface area contributed by atoms with Crippen molar-refractivity contribution in [1.82, 2.24) is 9.13 Å². The first-order valence-electron chi connectivity index (χ1n) is 14.6. The van der Waals surface area contributed by atoms with E-state index in [0.29, 0.717) is 44.1 Å². The number of allylic oxidation sites excluding steroid dienone is 1. The average molecular weight is 630 g/mol. The van der Waals surface area contributed by atoms with Crippen LogP contribution >= 0.6 is 11.3 Å². The second kappa shape index (κ2) is 13.0. The highest BCUT2D eigenvalue weighted by molar-refractivity contribution is 7.07. The molecule has 2 aromatic carbocycles. The Bertz CT molecular complexity index is 2000. The summed E-state index contributed by atoms with van der Waals surface area (Å²) in [5.74, 6) is -0.482. The van der Waals surface area contributed by atoms with Crippen LogP contribution in [0.4, 0.5) is 0 Å². The number of aromatic nitrogens is 2. The van der Waals surface area contributed by atoms with E-state index in [4.69, 9.17) is 19.2 Å². The number of aryl methyl sites for hydroxylation is 1. The van der Waals surface area contributed by atoms with Crippen LogP contribution in [0.15, 0.2) is 69.6 Å². The SMILES string of the molecule is CCCC1=C(C(=O)OCC)[C@@H](c2cc(OC)ccc2OC)n2c(s/c(=C\c3cc(C)n(-c4ccc(C(=O)O)cc4)c3C)c2=O)=N1. The summed E-state index contributed by atoms with van der Waals surface area (Å²) in [5, 5.41) is 9.29. The third-order valence-electron chi connectivity index (χ3n) is 7.75. The smallest absolute Gasteiger partial charge is 0.338 e. The van der Waals surface area contributed by atoms with Crippen LogP contribution in [0, 0.1) is 13.8 Å². The van der Waals surface area contributed by atoms with Gasteiger partial charge in [-0.3, -0.25) is 9.36 Å². The second-order valence-corrected chi connectivity index (χ2v) is 11.5. The molecule has 0 bridgehead atoms. The number of hydrogen-bond donors (Lipinski definition) is 1. The van der Waals surface area contributed by atoms with Crippen LogP contribution in [0.2, 0.25) is 0 Å². The zero-order valence-electron chi connectivity index (χ0n) is 26.0. The summed E-state index contributed by atoms with van der Waals surface area (Å²) in [6, 6.07) is 13.1. The van der Waals surface area contributed by atoms with Crippen LogP contribution in [0.5, 0.6) is 11.5 Å². The number of hydrogen-bond acceptors (Lipinski definition) is 8. The van der Waals surface area contributed by atoms with Crippen LogP contribution in [-0.2, 0) is 9.53 Å². The Morgan fingerprint density at radius 2 is 1.78 bits per heavy atom. The van der Waals surface area contributed by atoms with Crippen LogP contribution < -0.4 is 24.4 Å². The van der Waals surface area contributed by atoms with E-state index in [1.54, 1.807) is 68.2 Å². The number of carboxylic acid groups (broad SMARTS) is 1. The molecule has 0 saturated carbocycles. The summed E-state index contributed by atoms with van der Waals surface area (Å²) < 4.78 is 20.7. The Labute approximate surface area is 264 Å². The van der Waals surface area contributed by atoms with Gasteiger partial charge in [-0.05, 0) is 87.4 Å². The molecule has 234 valence electrons. The lowest BCUT2D eigenvalue weighted by atomic mass is 9.93. The molecule has 0 fully saturated rings. The molecular formula is C34H35N3O7S. The van der Waals surface area contributed by atoms with Crippen molar-refractivity contribution >= 4 is 29.4 Å². The van der Waals surface area contributed by atoms with Crippen LogP contribution in [0.3, 0.4) is 0 Å². The first-order chi connectivity index (χ1) is 21.6. The lowest BCUT2D eigenvalue weighted by Crippen LogP contribution is -2.40. The number of thiazole rings is 1. The molecule has 4 aromatic rings. The number of ether oxygens (including phenoxy) is 3. The van der Waals surface area contributed by atoms with E-state index in [1.807, 2.05) is 37.5 Å². The number of nitrogens with zero attached hydrogens (tertiary/aromatic N) is 3. The standard InChI is InChI=1S/C34H35N3O7S/c1-7-9-26-29(33(41)44-8-2)30(25-18-24(42-5)14-15-27(25)43-6)37-31(38)28(45-34(37)35-26)17-22-16-19(3)36(20(22)4)23-12-10-21(11-13-23)32(39)40/h10-18,30H,7-9H2,1-6H3,(H,39,40)/b28-17-/t30-/m1/s1. The number of carboxylic acids is 1. The minimum Gasteiger partial charge on any atom is -0.497 e. The molecule has 1 aliphatic rings. The van der Waals surface area contributed by atoms with Crippen LogP contribution in [-0.4, -0.2) is 47.0 Å². The van der Waals surface area contributed by atoms with Crippen molar-refractivity contribution < 1.29 is 28.9 Å². The predicted molar refractivity (Wildman–Crippen MR) is 171 cm³/mol. The molecule has 2 aromatic heterocycles. The zero-order valence-corrected chi connectivity index (χ0v) is 26.9. The number of rotatable bonds is 10.